The first-order chi connectivity index (χ1) is 9.81. The molecule has 7 heteroatoms. The van der Waals surface area contributed by atoms with E-state index in [0.717, 1.165) is 0 Å². The fraction of sp³-hybridized carbons (Fsp3) is 0.500. The molecule has 0 atom stereocenters. The number of nitrogens with two attached hydrogens (primary N) is 1. The number of sulfonamides is 1. The van der Waals surface area contributed by atoms with Crippen molar-refractivity contribution in [2.24, 2.45) is 5.14 Å². The second-order valence-corrected chi connectivity index (χ2v) is 6.16. The van der Waals surface area contributed by atoms with E-state index in [-0.39, 0.29) is 10.8 Å². The number of aryl methyl sites for hydroxylation is 1. The Labute approximate surface area is 125 Å². The van der Waals surface area contributed by atoms with Crippen molar-refractivity contribution in [1.29, 1.82) is 0 Å². The van der Waals surface area contributed by atoms with Gasteiger partial charge in [0, 0.05) is 25.3 Å². The summed E-state index contributed by atoms with van der Waals surface area (Å²) in [5, 5.41) is 5.11. The van der Waals surface area contributed by atoms with Gasteiger partial charge in [0.15, 0.2) is 0 Å². The second-order valence-electron chi connectivity index (χ2n) is 4.60. The zero-order valence-corrected chi connectivity index (χ0v) is 13.4. The molecule has 1 aromatic rings. The summed E-state index contributed by atoms with van der Waals surface area (Å²) in [5.74, 6) is -0.222. The molecule has 0 heterocycles. The van der Waals surface area contributed by atoms with Gasteiger partial charge in [0.25, 0.3) is 5.91 Å². The van der Waals surface area contributed by atoms with Gasteiger partial charge in [-0.25, -0.2) is 13.6 Å². The summed E-state index contributed by atoms with van der Waals surface area (Å²) in [5.41, 5.74) is 1.06. The Balaban J connectivity index is 3.04. The largest absolute Gasteiger partial charge is 0.380 e. The van der Waals surface area contributed by atoms with Crippen molar-refractivity contribution < 1.29 is 17.9 Å². The van der Waals surface area contributed by atoms with Gasteiger partial charge in [-0.1, -0.05) is 6.07 Å². The average Bonchev–Trinajstić information content (AvgIpc) is 2.42. The van der Waals surface area contributed by atoms with Gasteiger partial charge in [-0.05, 0) is 38.5 Å². The zero-order chi connectivity index (χ0) is 16.0. The number of primary sulfonamides is 1. The minimum Gasteiger partial charge on any atom is -0.380 e. The third-order valence-electron chi connectivity index (χ3n) is 3.15. The number of likely N-dealkylation sites (N-methyl/N-ethyl adjacent to an activating group) is 1. The topological polar surface area (TPSA) is 89.7 Å². The minimum atomic E-state index is -3.82. The fourth-order valence-electron chi connectivity index (χ4n) is 1.90. The Morgan fingerprint density at radius 1 is 1.33 bits per heavy atom. The molecule has 1 rings (SSSR count). The molecule has 0 unspecified atom stereocenters. The Morgan fingerprint density at radius 2 is 2.00 bits per heavy atom. The first-order valence-corrected chi connectivity index (χ1v) is 8.36. The van der Waals surface area contributed by atoms with Crippen molar-refractivity contribution in [3.63, 3.8) is 0 Å². The van der Waals surface area contributed by atoms with E-state index in [1.54, 1.807) is 17.9 Å². The predicted molar refractivity (Wildman–Crippen MR) is 80.6 cm³/mol. The summed E-state index contributed by atoms with van der Waals surface area (Å²) < 4.78 is 28.1. The van der Waals surface area contributed by atoms with E-state index in [0.29, 0.717) is 37.4 Å². The van der Waals surface area contributed by atoms with Crippen molar-refractivity contribution in [2.75, 3.05) is 26.3 Å². The van der Waals surface area contributed by atoms with E-state index >= 15 is 0 Å². The maximum Gasteiger partial charge on any atom is 0.254 e. The van der Waals surface area contributed by atoms with Crippen LogP contribution in [0.3, 0.4) is 0 Å². The number of carbonyl (C=O) groups is 1. The lowest BCUT2D eigenvalue weighted by Gasteiger charge is -2.22. The number of nitrogens with zero attached hydrogens (tertiary/aromatic N) is 1. The first kappa shape index (κ1) is 17.6. The molecule has 2 N–H and O–H groups in total. The molecular weight excluding hydrogens is 292 g/mol. The molecule has 0 aliphatic carbocycles. The SMILES string of the molecule is CCOCCN(CC)C(=O)c1cc(S(N)(=O)=O)ccc1C. The Bertz CT molecular complexity index is 599. The molecule has 0 saturated carbocycles. The van der Waals surface area contributed by atoms with Crippen LogP contribution in [0, 0.1) is 6.92 Å². The van der Waals surface area contributed by atoms with E-state index in [4.69, 9.17) is 9.88 Å². The van der Waals surface area contributed by atoms with Gasteiger partial charge in [-0.3, -0.25) is 4.79 Å². The van der Waals surface area contributed by atoms with E-state index in [9.17, 15) is 13.2 Å². The number of hydrogen-bond donors (Lipinski definition) is 1. The minimum absolute atomic E-state index is 0.0580. The summed E-state index contributed by atoms with van der Waals surface area (Å²) >= 11 is 0. The standard InChI is InChI=1S/C14H22N2O4S/c1-4-16(8-9-20-5-2)14(17)13-10-12(21(15,18)19)7-6-11(13)3/h6-7,10H,4-5,8-9H2,1-3H3,(H2,15,18,19). The van der Waals surface area contributed by atoms with Crippen molar-refractivity contribution in [2.45, 2.75) is 25.7 Å². The van der Waals surface area contributed by atoms with Crippen LogP contribution in [0.4, 0.5) is 0 Å². The van der Waals surface area contributed by atoms with Crippen LogP contribution >= 0.6 is 0 Å². The summed E-state index contributed by atoms with van der Waals surface area (Å²) in [4.78, 5) is 14.1. The lowest BCUT2D eigenvalue weighted by Crippen LogP contribution is -2.34. The highest BCUT2D eigenvalue weighted by Crippen LogP contribution is 2.16. The molecule has 0 radical (unpaired) electrons. The summed E-state index contributed by atoms with van der Waals surface area (Å²) in [6, 6.07) is 4.32. The monoisotopic (exact) mass is 314 g/mol. The first-order valence-electron chi connectivity index (χ1n) is 6.81. The molecule has 0 aromatic heterocycles. The van der Waals surface area contributed by atoms with Crippen molar-refractivity contribution in [3.8, 4) is 0 Å². The van der Waals surface area contributed by atoms with Crippen LogP contribution in [0.25, 0.3) is 0 Å². The zero-order valence-electron chi connectivity index (χ0n) is 12.6. The normalized spacial score (nSPS) is 11.4. The van der Waals surface area contributed by atoms with E-state index in [1.807, 2.05) is 13.8 Å². The molecule has 0 fully saturated rings. The molecule has 118 valence electrons. The maximum absolute atomic E-state index is 12.5. The molecule has 0 bridgehead atoms. The van der Waals surface area contributed by atoms with Crippen molar-refractivity contribution >= 4 is 15.9 Å². The predicted octanol–water partition coefficient (Wildman–Crippen LogP) is 1.14. The highest BCUT2D eigenvalue weighted by Gasteiger charge is 2.19. The molecule has 1 amide bonds. The van der Waals surface area contributed by atoms with Gasteiger partial charge >= 0.3 is 0 Å². The number of rotatable bonds is 7. The Hall–Kier alpha value is -1.44. The van der Waals surface area contributed by atoms with E-state index < -0.39 is 10.0 Å². The van der Waals surface area contributed by atoms with Crippen LogP contribution in [0.1, 0.15) is 29.8 Å². The molecule has 0 aliphatic rings. The van der Waals surface area contributed by atoms with Crippen LogP contribution in [0.2, 0.25) is 0 Å². The molecule has 0 saturated heterocycles. The smallest absolute Gasteiger partial charge is 0.254 e. The summed E-state index contributed by atoms with van der Waals surface area (Å²) in [6.07, 6.45) is 0. The third kappa shape index (κ3) is 4.80. The maximum atomic E-state index is 12.5. The lowest BCUT2D eigenvalue weighted by atomic mass is 10.1. The summed E-state index contributed by atoms with van der Waals surface area (Å²) in [6.45, 7) is 7.53. The molecule has 1 aromatic carbocycles. The Morgan fingerprint density at radius 3 is 2.52 bits per heavy atom. The van der Waals surface area contributed by atoms with Gasteiger partial charge in [0.1, 0.15) is 0 Å². The summed E-state index contributed by atoms with van der Waals surface area (Å²) in [7, 11) is -3.82. The molecular formula is C14H22N2O4S. The Kier molecular flexibility index (Phi) is 6.32. The van der Waals surface area contributed by atoms with E-state index in [2.05, 4.69) is 0 Å². The van der Waals surface area contributed by atoms with Crippen molar-refractivity contribution in [1.82, 2.24) is 4.90 Å². The third-order valence-corrected chi connectivity index (χ3v) is 4.06. The van der Waals surface area contributed by atoms with Crippen LogP contribution in [-0.2, 0) is 14.8 Å². The molecule has 21 heavy (non-hydrogen) atoms. The molecule has 6 nitrogen and oxygen atoms in total. The van der Waals surface area contributed by atoms with Crippen LogP contribution in [-0.4, -0.2) is 45.5 Å². The van der Waals surface area contributed by atoms with E-state index in [1.165, 1.54) is 12.1 Å². The van der Waals surface area contributed by atoms with Gasteiger partial charge < -0.3 is 9.64 Å². The quantitative estimate of drug-likeness (QED) is 0.764. The van der Waals surface area contributed by atoms with Gasteiger partial charge in [0.2, 0.25) is 10.0 Å². The van der Waals surface area contributed by atoms with Crippen molar-refractivity contribution in [3.05, 3.63) is 29.3 Å². The van der Waals surface area contributed by atoms with Crippen LogP contribution in [0.15, 0.2) is 23.1 Å². The number of benzene rings is 1. The van der Waals surface area contributed by atoms with Gasteiger partial charge in [0.05, 0.1) is 11.5 Å². The highest BCUT2D eigenvalue weighted by atomic mass is 32.2. The van der Waals surface area contributed by atoms with Gasteiger partial charge in [-0.2, -0.15) is 0 Å². The lowest BCUT2D eigenvalue weighted by molar-refractivity contribution is 0.0668. The number of carbonyl (C=O) groups excluding carboxylic acids is 1. The number of hydrogen-bond acceptors (Lipinski definition) is 4. The number of ether oxygens (including phenoxy) is 1. The van der Waals surface area contributed by atoms with Gasteiger partial charge in [-0.15, -0.1) is 0 Å². The van der Waals surface area contributed by atoms with Crippen LogP contribution < -0.4 is 5.14 Å². The van der Waals surface area contributed by atoms with Crippen LogP contribution in [0.5, 0.6) is 0 Å². The highest BCUT2D eigenvalue weighted by molar-refractivity contribution is 7.89. The fourth-order valence-corrected chi connectivity index (χ4v) is 2.44. The molecule has 0 aliphatic heterocycles. The molecule has 0 spiro atoms. The number of amides is 1. The second kappa shape index (κ2) is 7.53. The average molecular weight is 314 g/mol.